The second-order valence-electron chi connectivity index (χ2n) is 5.24. The van der Waals surface area contributed by atoms with Gasteiger partial charge < -0.3 is 0 Å². The van der Waals surface area contributed by atoms with Gasteiger partial charge in [0, 0.05) is 11.3 Å². The van der Waals surface area contributed by atoms with Crippen LogP contribution in [0.2, 0.25) is 0 Å². The minimum absolute atomic E-state index is 0.246. The van der Waals surface area contributed by atoms with Crippen LogP contribution in [-0.4, -0.2) is 21.8 Å². The number of hydrogen-bond acceptors (Lipinski definition) is 3. The summed E-state index contributed by atoms with van der Waals surface area (Å²) in [7, 11) is 0. The summed E-state index contributed by atoms with van der Waals surface area (Å²) in [6.45, 7) is 1.87. The van der Waals surface area contributed by atoms with Crippen molar-refractivity contribution in [3.8, 4) is 0 Å². The number of hydrazone groups is 1. The number of benzene rings is 1. The highest BCUT2D eigenvalue weighted by molar-refractivity contribution is 6.00. The van der Waals surface area contributed by atoms with Crippen molar-refractivity contribution in [1.82, 2.24) is 15.6 Å². The Bertz CT molecular complexity index is 673. The molecule has 0 radical (unpaired) electrons. The summed E-state index contributed by atoms with van der Waals surface area (Å²) in [4.78, 5) is 12.2. The molecule has 3 rings (SSSR count). The van der Waals surface area contributed by atoms with E-state index < -0.39 is 0 Å². The molecule has 1 heterocycles. The van der Waals surface area contributed by atoms with E-state index in [0.717, 1.165) is 48.2 Å². The average Bonchev–Trinajstić information content (AvgIpc) is 2.97. The highest BCUT2D eigenvalue weighted by Gasteiger charge is 2.21. The van der Waals surface area contributed by atoms with Gasteiger partial charge in [-0.3, -0.25) is 9.89 Å². The number of aromatic amines is 1. The lowest BCUT2D eigenvalue weighted by atomic mass is 9.96. The molecule has 0 bridgehead atoms. The zero-order chi connectivity index (χ0) is 14.7. The highest BCUT2D eigenvalue weighted by Crippen LogP contribution is 2.21. The van der Waals surface area contributed by atoms with E-state index in [0.29, 0.717) is 5.69 Å². The van der Waals surface area contributed by atoms with Crippen LogP contribution >= 0.6 is 0 Å². The van der Waals surface area contributed by atoms with Crippen molar-refractivity contribution in [3.05, 3.63) is 52.8 Å². The molecule has 1 aromatic carbocycles. The Kier molecular flexibility index (Phi) is 3.81. The summed E-state index contributed by atoms with van der Waals surface area (Å²) < 4.78 is 0. The number of aromatic nitrogens is 2. The average molecular weight is 282 g/mol. The summed E-state index contributed by atoms with van der Waals surface area (Å²) in [5.41, 5.74) is 6.98. The predicted octanol–water partition coefficient (Wildman–Crippen LogP) is 2.44. The SMILES string of the molecule is CC(=NNC(=O)c1n[nH]c2c1CCCC2)c1ccccc1. The number of aryl methyl sites for hydroxylation is 1. The molecule has 0 saturated carbocycles. The Morgan fingerprint density at radius 3 is 2.81 bits per heavy atom. The lowest BCUT2D eigenvalue weighted by Crippen LogP contribution is -2.21. The lowest BCUT2D eigenvalue weighted by Gasteiger charge is -2.10. The molecule has 0 saturated heterocycles. The van der Waals surface area contributed by atoms with Crippen molar-refractivity contribution >= 4 is 11.6 Å². The van der Waals surface area contributed by atoms with Crippen LogP contribution < -0.4 is 5.43 Å². The predicted molar refractivity (Wildman–Crippen MR) is 81.3 cm³/mol. The first-order valence-corrected chi connectivity index (χ1v) is 7.22. The number of amides is 1. The fraction of sp³-hybridized carbons (Fsp3) is 0.312. The molecular formula is C16H18N4O. The Hall–Kier alpha value is -2.43. The zero-order valence-electron chi connectivity index (χ0n) is 12.0. The molecule has 0 fully saturated rings. The maximum Gasteiger partial charge on any atom is 0.292 e. The zero-order valence-corrected chi connectivity index (χ0v) is 12.0. The normalized spacial score (nSPS) is 14.6. The highest BCUT2D eigenvalue weighted by atomic mass is 16.2. The van der Waals surface area contributed by atoms with Gasteiger partial charge in [-0.25, -0.2) is 5.43 Å². The topological polar surface area (TPSA) is 70.1 Å². The van der Waals surface area contributed by atoms with E-state index in [-0.39, 0.29) is 5.91 Å². The van der Waals surface area contributed by atoms with Crippen LogP contribution in [0.15, 0.2) is 35.4 Å². The molecule has 5 heteroatoms. The van der Waals surface area contributed by atoms with Crippen molar-refractivity contribution in [1.29, 1.82) is 0 Å². The summed E-state index contributed by atoms with van der Waals surface area (Å²) in [5, 5.41) is 11.3. The molecule has 1 aliphatic rings. The molecule has 0 atom stereocenters. The Labute approximate surface area is 123 Å². The van der Waals surface area contributed by atoms with Crippen LogP contribution in [0.25, 0.3) is 0 Å². The molecule has 0 unspecified atom stereocenters. The van der Waals surface area contributed by atoms with Crippen molar-refractivity contribution < 1.29 is 4.79 Å². The van der Waals surface area contributed by atoms with E-state index in [1.165, 1.54) is 0 Å². The van der Waals surface area contributed by atoms with Crippen molar-refractivity contribution in [2.24, 2.45) is 5.10 Å². The Balaban J connectivity index is 1.74. The van der Waals surface area contributed by atoms with Gasteiger partial charge in [0.25, 0.3) is 5.91 Å². The van der Waals surface area contributed by atoms with E-state index in [9.17, 15) is 4.79 Å². The fourth-order valence-electron chi connectivity index (χ4n) is 2.60. The van der Waals surface area contributed by atoms with Gasteiger partial charge in [-0.05, 0) is 38.2 Å². The second kappa shape index (κ2) is 5.91. The van der Waals surface area contributed by atoms with E-state index in [1.807, 2.05) is 37.3 Å². The maximum atomic E-state index is 12.2. The molecule has 5 nitrogen and oxygen atoms in total. The fourth-order valence-corrected chi connectivity index (χ4v) is 2.60. The van der Waals surface area contributed by atoms with E-state index in [2.05, 4.69) is 20.7 Å². The third kappa shape index (κ3) is 2.86. The number of nitrogens with zero attached hydrogens (tertiary/aromatic N) is 2. The minimum Gasteiger partial charge on any atom is -0.281 e. The van der Waals surface area contributed by atoms with Crippen LogP contribution in [0.5, 0.6) is 0 Å². The second-order valence-corrected chi connectivity index (χ2v) is 5.24. The third-order valence-corrected chi connectivity index (χ3v) is 3.79. The molecule has 21 heavy (non-hydrogen) atoms. The molecule has 1 aromatic heterocycles. The quantitative estimate of drug-likeness (QED) is 0.670. The molecule has 0 aliphatic heterocycles. The van der Waals surface area contributed by atoms with Gasteiger partial charge in [-0.15, -0.1) is 0 Å². The third-order valence-electron chi connectivity index (χ3n) is 3.79. The lowest BCUT2D eigenvalue weighted by molar-refractivity contribution is 0.0949. The summed E-state index contributed by atoms with van der Waals surface area (Å²) in [6.07, 6.45) is 4.15. The maximum absolute atomic E-state index is 12.2. The number of H-pyrrole nitrogens is 1. The van der Waals surface area contributed by atoms with Gasteiger partial charge in [0.2, 0.25) is 0 Å². The van der Waals surface area contributed by atoms with Crippen molar-refractivity contribution in [2.45, 2.75) is 32.6 Å². The number of carbonyl (C=O) groups is 1. The van der Waals surface area contributed by atoms with Crippen LogP contribution in [0, 0.1) is 0 Å². The summed E-state index contributed by atoms with van der Waals surface area (Å²) in [6, 6.07) is 9.76. The standard InChI is InChI=1S/C16H18N4O/c1-11(12-7-3-2-4-8-12)17-20-16(21)15-13-9-5-6-10-14(13)18-19-15/h2-4,7-8H,5-6,9-10H2,1H3,(H,18,19)(H,20,21). The van der Waals surface area contributed by atoms with Gasteiger partial charge in [-0.2, -0.15) is 10.2 Å². The monoisotopic (exact) mass is 282 g/mol. The molecule has 1 amide bonds. The Morgan fingerprint density at radius 1 is 1.24 bits per heavy atom. The van der Waals surface area contributed by atoms with Crippen LogP contribution in [-0.2, 0) is 12.8 Å². The largest absolute Gasteiger partial charge is 0.292 e. The smallest absolute Gasteiger partial charge is 0.281 e. The molecule has 1 aliphatic carbocycles. The van der Waals surface area contributed by atoms with Gasteiger partial charge in [0.1, 0.15) is 0 Å². The molecular weight excluding hydrogens is 264 g/mol. The number of fused-ring (bicyclic) bond motifs is 1. The van der Waals surface area contributed by atoms with Crippen LogP contribution in [0.4, 0.5) is 0 Å². The number of hydrogen-bond donors (Lipinski definition) is 2. The van der Waals surface area contributed by atoms with Gasteiger partial charge in [-0.1, -0.05) is 30.3 Å². The van der Waals surface area contributed by atoms with Gasteiger partial charge in [0.15, 0.2) is 5.69 Å². The number of nitrogens with one attached hydrogen (secondary N) is 2. The first kappa shape index (κ1) is 13.5. The first-order valence-electron chi connectivity index (χ1n) is 7.22. The van der Waals surface area contributed by atoms with Gasteiger partial charge >= 0.3 is 0 Å². The number of rotatable bonds is 3. The Morgan fingerprint density at radius 2 is 2.00 bits per heavy atom. The van der Waals surface area contributed by atoms with Crippen molar-refractivity contribution in [3.63, 3.8) is 0 Å². The van der Waals surface area contributed by atoms with E-state index >= 15 is 0 Å². The molecule has 2 N–H and O–H groups in total. The van der Waals surface area contributed by atoms with Crippen molar-refractivity contribution in [2.75, 3.05) is 0 Å². The van der Waals surface area contributed by atoms with Gasteiger partial charge in [0.05, 0.1) is 5.71 Å². The number of carbonyl (C=O) groups excluding carboxylic acids is 1. The van der Waals surface area contributed by atoms with Crippen LogP contribution in [0.1, 0.15) is 47.1 Å². The van der Waals surface area contributed by atoms with E-state index in [1.54, 1.807) is 0 Å². The molecule has 0 spiro atoms. The minimum atomic E-state index is -0.246. The molecule has 108 valence electrons. The molecule has 2 aromatic rings. The summed E-state index contributed by atoms with van der Waals surface area (Å²) in [5.74, 6) is -0.246. The van der Waals surface area contributed by atoms with E-state index in [4.69, 9.17) is 0 Å². The first-order chi connectivity index (χ1) is 10.3. The summed E-state index contributed by atoms with van der Waals surface area (Å²) >= 11 is 0. The van der Waals surface area contributed by atoms with Crippen LogP contribution in [0.3, 0.4) is 0 Å².